The van der Waals surface area contributed by atoms with E-state index in [0.717, 1.165) is 35.8 Å². The Kier molecular flexibility index (Phi) is 11.8. The second-order valence-corrected chi connectivity index (χ2v) is 6.22. The molecule has 0 heterocycles. The molecule has 2 aromatic rings. The van der Waals surface area contributed by atoms with Crippen LogP contribution in [-0.2, 0) is 13.0 Å². The molecule has 2 N–H and O–H groups in total. The van der Waals surface area contributed by atoms with E-state index in [9.17, 15) is 0 Å². The predicted molar refractivity (Wildman–Crippen MR) is 131 cm³/mol. The zero-order valence-electron chi connectivity index (χ0n) is 18.3. The minimum absolute atomic E-state index is 0. The molecule has 2 rings (SSSR count). The van der Waals surface area contributed by atoms with Crippen LogP contribution in [0.3, 0.4) is 0 Å². The first-order chi connectivity index (χ1) is 14.2. The highest BCUT2D eigenvalue weighted by Gasteiger charge is 2.15. The van der Waals surface area contributed by atoms with Crippen molar-refractivity contribution in [2.75, 3.05) is 41.5 Å². The predicted octanol–water partition coefficient (Wildman–Crippen LogP) is 3.64. The van der Waals surface area contributed by atoms with Crippen molar-refractivity contribution in [2.45, 2.75) is 19.9 Å². The second kappa shape index (κ2) is 13.8. The van der Waals surface area contributed by atoms with Crippen molar-refractivity contribution in [3.63, 3.8) is 0 Å². The number of benzene rings is 2. The van der Waals surface area contributed by atoms with Gasteiger partial charge in [0.2, 0.25) is 5.75 Å². The number of rotatable bonds is 10. The topological polar surface area (TPSA) is 73.3 Å². The van der Waals surface area contributed by atoms with Crippen molar-refractivity contribution in [3.05, 3.63) is 47.5 Å². The molecule has 0 aromatic heterocycles. The maximum absolute atomic E-state index is 5.55. The van der Waals surface area contributed by atoms with Crippen LogP contribution in [0.5, 0.6) is 23.0 Å². The quantitative estimate of drug-likeness (QED) is 0.278. The van der Waals surface area contributed by atoms with Gasteiger partial charge in [-0.1, -0.05) is 18.2 Å². The van der Waals surface area contributed by atoms with E-state index in [0.29, 0.717) is 30.3 Å². The average molecular weight is 529 g/mol. The molecule has 0 amide bonds. The molecular formula is C22H32IN3O4. The minimum Gasteiger partial charge on any atom is -0.497 e. The lowest BCUT2D eigenvalue weighted by molar-refractivity contribution is 0.322. The van der Waals surface area contributed by atoms with Crippen molar-refractivity contribution in [2.24, 2.45) is 4.99 Å². The van der Waals surface area contributed by atoms with Crippen LogP contribution >= 0.6 is 24.0 Å². The normalized spacial score (nSPS) is 10.6. The van der Waals surface area contributed by atoms with E-state index in [1.54, 1.807) is 28.4 Å². The van der Waals surface area contributed by atoms with Crippen LogP contribution < -0.4 is 29.6 Å². The lowest BCUT2D eigenvalue weighted by Gasteiger charge is -2.16. The third-order valence-electron chi connectivity index (χ3n) is 4.37. The van der Waals surface area contributed by atoms with Gasteiger partial charge in [0.15, 0.2) is 17.5 Å². The summed E-state index contributed by atoms with van der Waals surface area (Å²) in [6, 6.07) is 11.8. The van der Waals surface area contributed by atoms with Crippen molar-refractivity contribution < 1.29 is 18.9 Å². The Morgan fingerprint density at radius 1 is 0.900 bits per heavy atom. The third-order valence-corrected chi connectivity index (χ3v) is 4.37. The summed E-state index contributed by atoms with van der Waals surface area (Å²) in [5.41, 5.74) is 2.12. The van der Waals surface area contributed by atoms with Gasteiger partial charge in [-0.3, -0.25) is 0 Å². The maximum Gasteiger partial charge on any atom is 0.203 e. The van der Waals surface area contributed by atoms with E-state index in [4.69, 9.17) is 18.9 Å². The highest BCUT2D eigenvalue weighted by Crippen LogP contribution is 2.39. The Labute approximate surface area is 196 Å². The summed E-state index contributed by atoms with van der Waals surface area (Å²) in [5, 5.41) is 6.63. The van der Waals surface area contributed by atoms with E-state index < -0.39 is 0 Å². The lowest BCUT2D eigenvalue weighted by Crippen LogP contribution is -2.38. The average Bonchev–Trinajstić information content (AvgIpc) is 2.76. The van der Waals surface area contributed by atoms with Gasteiger partial charge in [-0.15, -0.1) is 24.0 Å². The van der Waals surface area contributed by atoms with E-state index in [2.05, 4.69) is 15.6 Å². The molecule has 0 aliphatic heterocycles. The Hall–Kier alpha value is -2.36. The van der Waals surface area contributed by atoms with Crippen molar-refractivity contribution in [3.8, 4) is 23.0 Å². The molecule has 8 heteroatoms. The number of nitrogens with zero attached hydrogens (tertiary/aromatic N) is 1. The van der Waals surface area contributed by atoms with E-state index in [1.165, 1.54) is 0 Å². The first-order valence-electron chi connectivity index (χ1n) is 9.59. The van der Waals surface area contributed by atoms with Crippen LogP contribution in [-0.4, -0.2) is 47.5 Å². The molecule has 30 heavy (non-hydrogen) atoms. The second-order valence-electron chi connectivity index (χ2n) is 6.22. The Balaban J connectivity index is 0.00000450. The molecule has 0 unspecified atom stereocenters. The number of aliphatic imine (C=N–C) groups is 1. The number of methoxy groups -OCH3 is 4. The summed E-state index contributed by atoms with van der Waals surface area (Å²) in [4.78, 5) is 4.66. The number of guanidine groups is 1. The van der Waals surface area contributed by atoms with E-state index >= 15 is 0 Å². The summed E-state index contributed by atoms with van der Waals surface area (Å²) in [6.07, 6.45) is 0.743. The first kappa shape index (κ1) is 25.7. The molecule has 166 valence electrons. The summed E-state index contributed by atoms with van der Waals surface area (Å²) in [6.45, 7) is 4.08. The molecule has 0 aliphatic rings. The van der Waals surface area contributed by atoms with Gasteiger partial charge in [0, 0.05) is 18.7 Å². The monoisotopic (exact) mass is 529 g/mol. The van der Waals surface area contributed by atoms with E-state index in [-0.39, 0.29) is 24.0 Å². The number of hydrogen-bond donors (Lipinski definition) is 2. The van der Waals surface area contributed by atoms with Crippen LogP contribution in [0.15, 0.2) is 41.4 Å². The molecule has 0 aliphatic carbocycles. The van der Waals surface area contributed by atoms with Gasteiger partial charge in [-0.25, -0.2) is 4.99 Å². The summed E-state index contributed by atoms with van der Waals surface area (Å²) in [5.74, 6) is 3.53. The molecule has 0 fully saturated rings. The van der Waals surface area contributed by atoms with Crippen LogP contribution in [0, 0.1) is 0 Å². The van der Waals surface area contributed by atoms with Crippen LogP contribution in [0.25, 0.3) is 0 Å². The third kappa shape index (κ3) is 7.16. The molecule has 0 atom stereocenters. The molecule has 7 nitrogen and oxygen atoms in total. The summed E-state index contributed by atoms with van der Waals surface area (Å²) in [7, 11) is 6.52. The molecule has 0 bridgehead atoms. The first-order valence-corrected chi connectivity index (χ1v) is 9.59. The van der Waals surface area contributed by atoms with Gasteiger partial charge < -0.3 is 29.6 Å². The van der Waals surface area contributed by atoms with Crippen molar-refractivity contribution in [1.29, 1.82) is 0 Å². The molecule has 0 saturated heterocycles. The smallest absolute Gasteiger partial charge is 0.203 e. The molecule has 0 spiro atoms. The Morgan fingerprint density at radius 3 is 2.30 bits per heavy atom. The van der Waals surface area contributed by atoms with Gasteiger partial charge in [0.05, 0.1) is 35.0 Å². The van der Waals surface area contributed by atoms with Gasteiger partial charge in [-0.05, 0) is 37.1 Å². The van der Waals surface area contributed by atoms with Crippen molar-refractivity contribution in [1.82, 2.24) is 10.6 Å². The number of hydrogen-bond acceptors (Lipinski definition) is 5. The van der Waals surface area contributed by atoms with Gasteiger partial charge >= 0.3 is 0 Å². The molecule has 2 aromatic carbocycles. The maximum atomic E-state index is 5.55. The Bertz CT molecular complexity index is 815. The van der Waals surface area contributed by atoms with Gasteiger partial charge in [0.25, 0.3) is 0 Å². The zero-order valence-corrected chi connectivity index (χ0v) is 20.6. The van der Waals surface area contributed by atoms with Gasteiger partial charge in [-0.2, -0.15) is 0 Å². The van der Waals surface area contributed by atoms with Crippen LogP contribution in [0.2, 0.25) is 0 Å². The summed E-state index contributed by atoms with van der Waals surface area (Å²) < 4.78 is 21.6. The lowest BCUT2D eigenvalue weighted by atomic mass is 10.1. The fraction of sp³-hybridized carbons (Fsp3) is 0.409. The van der Waals surface area contributed by atoms with Crippen LogP contribution in [0.1, 0.15) is 18.1 Å². The Morgan fingerprint density at radius 2 is 1.67 bits per heavy atom. The highest BCUT2D eigenvalue weighted by molar-refractivity contribution is 14.0. The largest absolute Gasteiger partial charge is 0.497 e. The van der Waals surface area contributed by atoms with E-state index in [1.807, 2.05) is 43.3 Å². The standard InChI is InChI=1S/C22H31N3O4.HI/c1-6-23-22(25-15-16-8-7-9-18(14-16)26-2)24-13-12-17-10-11-19(27-3)21(29-5)20(17)28-4;/h7-11,14H,6,12-13,15H2,1-5H3,(H2,23,24,25);1H. The molecule has 0 radical (unpaired) electrons. The SMILES string of the molecule is CCNC(=NCc1cccc(OC)c1)NCCc1ccc(OC)c(OC)c1OC.I. The van der Waals surface area contributed by atoms with Gasteiger partial charge in [0.1, 0.15) is 5.75 Å². The minimum atomic E-state index is 0. The fourth-order valence-electron chi connectivity index (χ4n) is 2.96. The van der Waals surface area contributed by atoms with Crippen LogP contribution in [0.4, 0.5) is 0 Å². The number of ether oxygens (including phenoxy) is 4. The summed E-state index contributed by atoms with van der Waals surface area (Å²) >= 11 is 0. The fourth-order valence-corrected chi connectivity index (χ4v) is 2.96. The zero-order chi connectivity index (χ0) is 21.1. The highest BCUT2D eigenvalue weighted by atomic mass is 127. The van der Waals surface area contributed by atoms with Crippen molar-refractivity contribution >= 4 is 29.9 Å². The molecule has 0 saturated carbocycles. The molecular weight excluding hydrogens is 497 g/mol. The number of halogens is 1. The number of nitrogens with one attached hydrogen (secondary N) is 2.